The minimum atomic E-state index is 0.508. The van der Waals surface area contributed by atoms with Crippen LogP contribution in [0.2, 0.25) is 0 Å². The van der Waals surface area contributed by atoms with Crippen molar-refractivity contribution in [1.82, 2.24) is 9.97 Å². The Bertz CT molecular complexity index is 487. The largest absolute Gasteiger partial charge is 0.368 e. The fraction of sp³-hybridized carbons (Fsp3) is 0.455. The van der Waals surface area contributed by atoms with E-state index in [1.54, 1.807) is 17.7 Å². The molecule has 3 nitrogen and oxygen atoms in total. The van der Waals surface area contributed by atoms with Crippen molar-refractivity contribution in [1.29, 1.82) is 0 Å². The summed E-state index contributed by atoms with van der Waals surface area (Å²) in [6.07, 6.45) is 4.30. The second kappa shape index (κ2) is 3.17. The zero-order chi connectivity index (χ0) is 10.3. The van der Waals surface area contributed by atoms with E-state index in [0.717, 1.165) is 17.9 Å². The molecule has 0 aliphatic heterocycles. The molecule has 0 aromatic carbocycles. The Morgan fingerprint density at radius 1 is 1.47 bits per heavy atom. The molecule has 2 aromatic rings. The summed E-state index contributed by atoms with van der Waals surface area (Å²) in [7, 11) is 0. The molecule has 2 heterocycles. The van der Waals surface area contributed by atoms with Gasteiger partial charge in [0.2, 0.25) is 0 Å². The number of fused-ring (bicyclic) bond motifs is 1. The first-order chi connectivity index (χ1) is 7.27. The molecule has 0 amide bonds. The third kappa shape index (κ3) is 1.69. The second-order valence-corrected chi connectivity index (χ2v) is 5.44. The Hall–Kier alpha value is -1.16. The zero-order valence-electron chi connectivity index (χ0n) is 8.66. The van der Waals surface area contributed by atoms with E-state index in [9.17, 15) is 0 Å². The van der Waals surface area contributed by atoms with Gasteiger partial charge < -0.3 is 5.32 Å². The molecule has 0 atom stereocenters. The van der Waals surface area contributed by atoms with Crippen LogP contribution in [0.5, 0.6) is 0 Å². The van der Waals surface area contributed by atoms with Crippen molar-refractivity contribution in [2.75, 3.05) is 11.9 Å². The van der Waals surface area contributed by atoms with Crippen LogP contribution in [0.1, 0.15) is 19.8 Å². The molecule has 4 heteroatoms. The zero-order valence-corrected chi connectivity index (χ0v) is 9.47. The van der Waals surface area contributed by atoms with Gasteiger partial charge in [-0.15, -0.1) is 11.3 Å². The fourth-order valence-electron chi connectivity index (χ4n) is 1.60. The summed E-state index contributed by atoms with van der Waals surface area (Å²) in [4.78, 5) is 8.52. The van der Waals surface area contributed by atoms with Crippen molar-refractivity contribution in [3.63, 3.8) is 0 Å². The number of hydrogen-bond donors (Lipinski definition) is 1. The summed E-state index contributed by atoms with van der Waals surface area (Å²) in [5.74, 6) is 0.989. The van der Waals surface area contributed by atoms with E-state index in [2.05, 4.69) is 27.6 Å². The van der Waals surface area contributed by atoms with Gasteiger partial charge in [0.15, 0.2) is 0 Å². The maximum atomic E-state index is 4.30. The summed E-state index contributed by atoms with van der Waals surface area (Å²) in [6.45, 7) is 3.34. The van der Waals surface area contributed by atoms with Crippen LogP contribution < -0.4 is 5.32 Å². The topological polar surface area (TPSA) is 37.8 Å². The number of aromatic nitrogens is 2. The summed E-state index contributed by atoms with van der Waals surface area (Å²) in [6, 6.07) is 2.03. The van der Waals surface area contributed by atoms with Crippen LogP contribution in [0.25, 0.3) is 10.2 Å². The Balaban J connectivity index is 1.86. The average molecular weight is 219 g/mol. The van der Waals surface area contributed by atoms with Gasteiger partial charge in [-0.2, -0.15) is 0 Å². The first kappa shape index (κ1) is 9.09. The van der Waals surface area contributed by atoms with E-state index >= 15 is 0 Å². The fourth-order valence-corrected chi connectivity index (χ4v) is 2.41. The lowest BCUT2D eigenvalue weighted by molar-refractivity contribution is 0.610. The number of anilines is 1. The number of nitrogens with one attached hydrogen (secondary N) is 1. The first-order valence-corrected chi connectivity index (χ1v) is 6.07. The van der Waals surface area contributed by atoms with Crippen LogP contribution in [-0.4, -0.2) is 16.5 Å². The number of hydrogen-bond acceptors (Lipinski definition) is 4. The van der Waals surface area contributed by atoms with Crippen molar-refractivity contribution < 1.29 is 0 Å². The Kier molecular flexibility index (Phi) is 1.92. The standard InChI is InChI=1S/C11H13N3S/c1-11(3-4-11)6-12-10-9-8(2-5-15-9)13-7-14-10/h2,5,7H,3-4,6H2,1H3,(H,12,13,14). The highest BCUT2D eigenvalue weighted by atomic mass is 32.1. The van der Waals surface area contributed by atoms with Crippen LogP contribution in [0.4, 0.5) is 5.82 Å². The van der Waals surface area contributed by atoms with Gasteiger partial charge in [-0.1, -0.05) is 6.92 Å². The third-order valence-corrected chi connectivity index (χ3v) is 3.94. The molecule has 0 bridgehead atoms. The highest BCUT2D eigenvalue weighted by Crippen LogP contribution is 2.44. The monoisotopic (exact) mass is 219 g/mol. The third-order valence-electron chi connectivity index (χ3n) is 3.03. The summed E-state index contributed by atoms with van der Waals surface area (Å²) >= 11 is 1.70. The maximum Gasteiger partial charge on any atom is 0.147 e. The molecular weight excluding hydrogens is 206 g/mol. The van der Waals surface area contributed by atoms with E-state index in [1.807, 2.05) is 6.07 Å². The highest BCUT2D eigenvalue weighted by Gasteiger charge is 2.36. The molecule has 1 fully saturated rings. The van der Waals surface area contributed by atoms with E-state index in [0.29, 0.717) is 5.41 Å². The van der Waals surface area contributed by atoms with Gasteiger partial charge in [-0.05, 0) is 29.7 Å². The van der Waals surface area contributed by atoms with Crippen molar-refractivity contribution in [2.45, 2.75) is 19.8 Å². The molecule has 1 aliphatic rings. The van der Waals surface area contributed by atoms with Gasteiger partial charge in [0.25, 0.3) is 0 Å². The van der Waals surface area contributed by atoms with Crippen LogP contribution in [0.3, 0.4) is 0 Å². The van der Waals surface area contributed by atoms with Crippen LogP contribution in [-0.2, 0) is 0 Å². The van der Waals surface area contributed by atoms with Gasteiger partial charge in [-0.3, -0.25) is 0 Å². The summed E-state index contributed by atoms with van der Waals surface area (Å²) < 4.78 is 1.17. The molecule has 1 saturated carbocycles. The van der Waals surface area contributed by atoms with E-state index in [4.69, 9.17) is 0 Å². The molecule has 1 N–H and O–H groups in total. The SMILES string of the molecule is CC1(CNc2ncnc3ccsc23)CC1. The van der Waals surface area contributed by atoms with E-state index in [1.165, 1.54) is 17.5 Å². The molecule has 2 aromatic heterocycles. The van der Waals surface area contributed by atoms with Gasteiger partial charge in [0.05, 0.1) is 10.2 Å². The molecule has 78 valence electrons. The molecule has 0 spiro atoms. The minimum Gasteiger partial charge on any atom is -0.368 e. The van der Waals surface area contributed by atoms with Crippen molar-refractivity contribution in [2.24, 2.45) is 5.41 Å². The normalized spacial score (nSPS) is 17.9. The second-order valence-electron chi connectivity index (χ2n) is 4.52. The molecule has 3 rings (SSSR count). The molecule has 15 heavy (non-hydrogen) atoms. The Morgan fingerprint density at radius 2 is 2.33 bits per heavy atom. The minimum absolute atomic E-state index is 0.508. The van der Waals surface area contributed by atoms with Gasteiger partial charge >= 0.3 is 0 Å². The predicted molar refractivity (Wildman–Crippen MR) is 63.2 cm³/mol. The molecular formula is C11H13N3S. The predicted octanol–water partition coefficient (Wildman–Crippen LogP) is 2.90. The van der Waals surface area contributed by atoms with Gasteiger partial charge in [0.1, 0.15) is 12.1 Å². The lowest BCUT2D eigenvalue weighted by Gasteiger charge is -2.10. The van der Waals surface area contributed by atoms with Crippen molar-refractivity contribution in [3.8, 4) is 0 Å². The average Bonchev–Trinajstić information content (AvgIpc) is 2.80. The molecule has 0 saturated heterocycles. The van der Waals surface area contributed by atoms with Crippen LogP contribution in [0, 0.1) is 5.41 Å². The van der Waals surface area contributed by atoms with Gasteiger partial charge in [-0.25, -0.2) is 9.97 Å². The smallest absolute Gasteiger partial charge is 0.147 e. The lowest BCUT2D eigenvalue weighted by atomic mass is 10.1. The first-order valence-electron chi connectivity index (χ1n) is 5.19. The molecule has 1 aliphatic carbocycles. The lowest BCUT2D eigenvalue weighted by Crippen LogP contribution is -2.12. The van der Waals surface area contributed by atoms with Crippen molar-refractivity contribution >= 4 is 27.4 Å². The highest BCUT2D eigenvalue weighted by molar-refractivity contribution is 7.17. The number of thiophene rings is 1. The quantitative estimate of drug-likeness (QED) is 0.862. The Labute approximate surface area is 92.6 Å². The Morgan fingerprint density at radius 3 is 3.13 bits per heavy atom. The van der Waals surface area contributed by atoms with Crippen LogP contribution >= 0.6 is 11.3 Å². The molecule has 0 unspecified atom stereocenters. The molecule has 0 radical (unpaired) electrons. The number of nitrogens with zero attached hydrogens (tertiary/aromatic N) is 2. The van der Waals surface area contributed by atoms with Crippen LogP contribution in [0.15, 0.2) is 17.8 Å². The summed E-state index contributed by atoms with van der Waals surface area (Å²) in [5, 5.41) is 5.49. The number of rotatable bonds is 3. The van der Waals surface area contributed by atoms with E-state index in [-0.39, 0.29) is 0 Å². The van der Waals surface area contributed by atoms with Crippen molar-refractivity contribution in [3.05, 3.63) is 17.8 Å². The maximum absolute atomic E-state index is 4.30. The van der Waals surface area contributed by atoms with Gasteiger partial charge in [0, 0.05) is 6.54 Å². The summed E-state index contributed by atoms with van der Waals surface area (Å²) in [5.41, 5.74) is 1.55. The van der Waals surface area contributed by atoms with E-state index < -0.39 is 0 Å².